The topological polar surface area (TPSA) is 72.7 Å². The number of hydrogen-bond acceptors (Lipinski definition) is 6. The number of rotatable bonds is 6. The van der Waals surface area contributed by atoms with E-state index in [2.05, 4.69) is 27.3 Å². The highest BCUT2D eigenvalue weighted by Gasteiger charge is 2.24. The summed E-state index contributed by atoms with van der Waals surface area (Å²) < 4.78 is 12.7. The first-order valence-corrected chi connectivity index (χ1v) is 10.00. The second kappa shape index (κ2) is 8.18. The molecule has 8 heteroatoms. The number of carbonyl (C=O) groups is 1. The summed E-state index contributed by atoms with van der Waals surface area (Å²) in [5.41, 5.74) is 1.67. The molecule has 3 heterocycles. The first-order chi connectivity index (χ1) is 13.7. The Kier molecular flexibility index (Phi) is 5.47. The molecule has 0 N–H and O–H groups in total. The lowest BCUT2D eigenvalue weighted by molar-refractivity contribution is 0.0767. The van der Waals surface area contributed by atoms with Gasteiger partial charge in [-0.2, -0.15) is 0 Å². The fourth-order valence-electron chi connectivity index (χ4n) is 3.87. The maximum absolute atomic E-state index is 12.4. The third kappa shape index (κ3) is 3.82. The van der Waals surface area contributed by atoms with Crippen molar-refractivity contribution in [3.63, 3.8) is 0 Å². The lowest BCUT2D eigenvalue weighted by Gasteiger charge is -2.31. The van der Waals surface area contributed by atoms with Gasteiger partial charge in [0.05, 0.1) is 12.2 Å². The number of ether oxygens (including phenoxy) is 2. The summed E-state index contributed by atoms with van der Waals surface area (Å²) in [4.78, 5) is 16.6. The molecule has 0 bridgehead atoms. The maximum Gasteiger partial charge on any atom is 0.276 e. The van der Waals surface area contributed by atoms with Gasteiger partial charge in [0.25, 0.3) is 5.91 Å². The summed E-state index contributed by atoms with van der Waals surface area (Å²) in [5, 5.41) is 8.34. The summed E-state index contributed by atoms with van der Waals surface area (Å²) in [7, 11) is 0. The Labute approximate surface area is 165 Å². The molecule has 2 aliphatic rings. The van der Waals surface area contributed by atoms with Crippen LogP contribution in [0.25, 0.3) is 0 Å². The highest BCUT2D eigenvalue weighted by molar-refractivity contribution is 5.91. The van der Waals surface area contributed by atoms with Gasteiger partial charge in [0, 0.05) is 32.7 Å². The second-order valence-electron chi connectivity index (χ2n) is 7.26. The van der Waals surface area contributed by atoms with Crippen LogP contribution >= 0.6 is 0 Å². The number of amides is 1. The van der Waals surface area contributed by atoms with Crippen molar-refractivity contribution in [1.82, 2.24) is 24.8 Å². The van der Waals surface area contributed by atoms with Crippen LogP contribution < -0.4 is 9.47 Å². The van der Waals surface area contributed by atoms with E-state index in [1.165, 1.54) is 5.56 Å². The van der Waals surface area contributed by atoms with E-state index in [0.717, 1.165) is 44.0 Å². The first kappa shape index (κ1) is 18.7. The van der Waals surface area contributed by atoms with Crippen LogP contribution in [0.4, 0.5) is 0 Å². The van der Waals surface area contributed by atoms with Gasteiger partial charge in [-0.1, -0.05) is 11.3 Å². The lowest BCUT2D eigenvalue weighted by atomic mass is 10.0. The Balaban J connectivity index is 1.32. The van der Waals surface area contributed by atoms with Gasteiger partial charge in [0.15, 0.2) is 17.2 Å². The molecule has 0 atom stereocenters. The van der Waals surface area contributed by atoms with Crippen molar-refractivity contribution < 1.29 is 14.3 Å². The van der Waals surface area contributed by atoms with Crippen LogP contribution in [0.1, 0.15) is 48.8 Å². The second-order valence-corrected chi connectivity index (χ2v) is 7.26. The van der Waals surface area contributed by atoms with Gasteiger partial charge in [-0.05, 0) is 44.4 Å². The van der Waals surface area contributed by atoms with Crippen molar-refractivity contribution in [3.8, 4) is 11.5 Å². The van der Waals surface area contributed by atoms with Crippen molar-refractivity contribution in [1.29, 1.82) is 0 Å². The van der Waals surface area contributed by atoms with Crippen LogP contribution in [0.2, 0.25) is 0 Å². The van der Waals surface area contributed by atoms with Crippen molar-refractivity contribution in [3.05, 3.63) is 35.7 Å². The fraction of sp³-hybridized carbons (Fsp3) is 0.550. The SMILES string of the molecule is CCN(CC)C(=O)c1cn(C2CCN(Cc3ccc4c(c3)OCO4)CC2)nn1. The summed E-state index contributed by atoms with van der Waals surface area (Å²) in [6.45, 7) is 8.48. The molecule has 1 aromatic heterocycles. The third-order valence-corrected chi connectivity index (χ3v) is 5.55. The van der Waals surface area contributed by atoms with Crippen molar-refractivity contribution >= 4 is 5.91 Å². The summed E-state index contributed by atoms with van der Waals surface area (Å²) >= 11 is 0. The Bertz CT molecular complexity index is 825. The molecule has 150 valence electrons. The molecule has 0 unspecified atom stereocenters. The van der Waals surface area contributed by atoms with E-state index < -0.39 is 0 Å². The number of nitrogens with zero attached hydrogens (tertiary/aromatic N) is 5. The van der Waals surface area contributed by atoms with E-state index in [9.17, 15) is 4.79 Å². The molecular weight excluding hydrogens is 358 g/mol. The maximum atomic E-state index is 12.4. The van der Waals surface area contributed by atoms with Gasteiger partial charge in [-0.3, -0.25) is 9.69 Å². The number of benzene rings is 1. The molecule has 28 heavy (non-hydrogen) atoms. The number of carbonyl (C=O) groups excluding carboxylic acids is 1. The van der Waals surface area contributed by atoms with E-state index in [1.54, 1.807) is 11.1 Å². The third-order valence-electron chi connectivity index (χ3n) is 5.55. The standard InChI is InChI=1S/C20H27N5O3/c1-3-24(4-2)20(26)17-13-25(22-21-17)16-7-9-23(10-8-16)12-15-5-6-18-19(11-15)28-14-27-18/h5-6,11,13,16H,3-4,7-10,12,14H2,1-2H3. The molecule has 4 rings (SSSR count). The van der Waals surface area contributed by atoms with Gasteiger partial charge in [0.2, 0.25) is 6.79 Å². The minimum Gasteiger partial charge on any atom is -0.454 e. The largest absolute Gasteiger partial charge is 0.454 e. The van der Waals surface area contributed by atoms with Gasteiger partial charge in [-0.15, -0.1) is 5.10 Å². The van der Waals surface area contributed by atoms with Crippen molar-refractivity contribution in [2.45, 2.75) is 39.3 Å². The number of hydrogen-bond donors (Lipinski definition) is 0. The highest BCUT2D eigenvalue weighted by atomic mass is 16.7. The van der Waals surface area contributed by atoms with E-state index in [0.29, 0.717) is 31.6 Å². The van der Waals surface area contributed by atoms with Crippen molar-refractivity contribution in [2.24, 2.45) is 0 Å². The van der Waals surface area contributed by atoms with Crippen LogP contribution in [-0.4, -0.2) is 63.7 Å². The zero-order valence-electron chi connectivity index (χ0n) is 16.5. The van der Waals surface area contributed by atoms with E-state index >= 15 is 0 Å². The molecule has 1 fully saturated rings. The smallest absolute Gasteiger partial charge is 0.276 e. The molecule has 0 saturated carbocycles. The first-order valence-electron chi connectivity index (χ1n) is 10.00. The van der Waals surface area contributed by atoms with Gasteiger partial charge < -0.3 is 14.4 Å². The van der Waals surface area contributed by atoms with Crippen LogP contribution in [0.5, 0.6) is 11.5 Å². The number of piperidine rings is 1. The molecule has 1 saturated heterocycles. The summed E-state index contributed by atoms with van der Waals surface area (Å²) in [6.07, 6.45) is 3.79. The van der Waals surface area contributed by atoms with Crippen LogP contribution in [0.15, 0.2) is 24.4 Å². The average Bonchev–Trinajstić information content (AvgIpc) is 3.39. The summed E-state index contributed by atoms with van der Waals surface area (Å²) in [6, 6.07) is 6.44. The van der Waals surface area contributed by atoms with Crippen molar-refractivity contribution in [2.75, 3.05) is 33.0 Å². The van der Waals surface area contributed by atoms with Gasteiger partial charge >= 0.3 is 0 Å². The lowest BCUT2D eigenvalue weighted by Crippen LogP contribution is -2.34. The zero-order chi connectivity index (χ0) is 19.5. The van der Waals surface area contributed by atoms with E-state index in [4.69, 9.17) is 9.47 Å². The number of fused-ring (bicyclic) bond motifs is 1. The minimum absolute atomic E-state index is 0.0449. The molecule has 0 spiro atoms. The molecule has 0 aliphatic carbocycles. The molecule has 1 aromatic carbocycles. The monoisotopic (exact) mass is 385 g/mol. The molecule has 2 aliphatic heterocycles. The Morgan fingerprint density at radius 1 is 1.18 bits per heavy atom. The van der Waals surface area contributed by atoms with Gasteiger partial charge in [-0.25, -0.2) is 4.68 Å². The number of aromatic nitrogens is 3. The quantitative estimate of drug-likeness (QED) is 0.760. The number of likely N-dealkylation sites (tertiary alicyclic amines) is 1. The normalized spacial score (nSPS) is 17.1. The van der Waals surface area contributed by atoms with E-state index in [1.807, 2.05) is 24.6 Å². The molecule has 1 amide bonds. The predicted molar refractivity (Wildman–Crippen MR) is 103 cm³/mol. The minimum atomic E-state index is -0.0449. The van der Waals surface area contributed by atoms with Crippen LogP contribution in [0.3, 0.4) is 0 Å². The molecule has 8 nitrogen and oxygen atoms in total. The van der Waals surface area contributed by atoms with Crippen LogP contribution in [-0.2, 0) is 6.54 Å². The molecule has 0 radical (unpaired) electrons. The summed E-state index contributed by atoms with van der Waals surface area (Å²) in [5.74, 6) is 1.61. The molecule has 2 aromatic rings. The van der Waals surface area contributed by atoms with Gasteiger partial charge in [0.1, 0.15) is 0 Å². The average molecular weight is 385 g/mol. The predicted octanol–water partition coefficient (Wildman–Crippen LogP) is 2.33. The Morgan fingerprint density at radius 2 is 1.93 bits per heavy atom. The van der Waals surface area contributed by atoms with Crippen LogP contribution in [0, 0.1) is 0 Å². The fourth-order valence-corrected chi connectivity index (χ4v) is 3.87. The Morgan fingerprint density at radius 3 is 2.68 bits per heavy atom. The Hall–Kier alpha value is -2.61. The van der Waals surface area contributed by atoms with E-state index in [-0.39, 0.29) is 5.91 Å². The highest BCUT2D eigenvalue weighted by Crippen LogP contribution is 2.33. The molecular formula is C20H27N5O3. The zero-order valence-corrected chi connectivity index (χ0v) is 16.5.